The van der Waals surface area contributed by atoms with Gasteiger partial charge in [0.1, 0.15) is 68.5 Å². The van der Waals surface area contributed by atoms with Gasteiger partial charge in [-0.05, 0) is 254 Å². The number of carbonyl (C=O) groups excluding carboxylic acids is 4. The number of aliphatic hydroxyl groups is 2. The van der Waals surface area contributed by atoms with Crippen molar-refractivity contribution in [2.75, 3.05) is 176 Å². The molecule has 0 saturated carbocycles. The van der Waals surface area contributed by atoms with Gasteiger partial charge in [0.2, 0.25) is 11.6 Å². The molecule has 0 unspecified atom stereocenters. The number of hydrogen-bond acceptors (Lipinski definition) is 34. The fraction of sp³-hybridized carbons (Fsp3) is 0.375. The highest BCUT2D eigenvalue weighted by atomic mass is 35.5. The molecule has 40 heteroatoms. The first-order chi connectivity index (χ1) is 68.5. The summed E-state index contributed by atoms with van der Waals surface area (Å²) in [7, 11) is 19.8. The van der Waals surface area contributed by atoms with Gasteiger partial charge in [-0.3, -0.25) is 24.6 Å². The Hall–Kier alpha value is -14.8. The number of halogens is 1. The van der Waals surface area contributed by atoms with E-state index in [1.54, 1.807) is 51.2 Å². The number of allylic oxidation sites excluding steroid dienone is 13. The number of fused-ring (bicyclic) bond motifs is 6. The highest BCUT2D eigenvalue weighted by Gasteiger charge is 2.31. The molecule has 0 bridgehead atoms. The maximum absolute atomic E-state index is 12.6. The lowest BCUT2D eigenvalue weighted by molar-refractivity contribution is -0.112. The molecule has 144 heavy (non-hydrogen) atoms. The minimum absolute atomic E-state index is 0.0164. The van der Waals surface area contributed by atoms with Crippen molar-refractivity contribution in [3.05, 3.63) is 233 Å². The van der Waals surface area contributed by atoms with Gasteiger partial charge >= 0.3 is 0 Å². The molecule has 1 saturated heterocycles. The molecule has 10 aromatic rings. The number of rotatable bonds is 31. The highest BCUT2D eigenvalue weighted by Crippen LogP contribution is 2.41. The molecule has 11 heterocycles. The fourth-order valence-electron chi connectivity index (χ4n) is 14.7. The quantitative estimate of drug-likeness (QED) is 0.0148. The van der Waals surface area contributed by atoms with Gasteiger partial charge in [0.05, 0.1) is 97.8 Å². The Kier molecular flexibility index (Phi) is 36.2. The Morgan fingerprint density at radius 2 is 0.750 bits per heavy atom. The summed E-state index contributed by atoms with van der Waals surface area (Å²) in [4.78, 5) is 82.3. The summed E-state index contributed by atoms with van der Waals surface area (Å²) in [5, 5.41) is 55.8. The topological polar surface area (TPSA) is 464 Å². The molecule has 6 aliphatic rings. The Morgan fingerprint density at radius 3 is 1.12 bits per heavy atom. The summed E-state index contributed by atoms with van der Waals surface area (Å²) >= 11 is 6.10. The van der Waals surface area contributed by atoms with E-state index in [9.17, 15) is 24.3 Å². The minimum atomic E-state index is -0.285. The largest absolute Gasteiger partial charge is 0.490 e. The van der Waals surface area contributed by atoms with Crippen LogP contribution in [0.3, 0.4) is 0 Å². The lowest BCUT2D eigenvalue weighted by atomic mass is 10.0. The molecule has 10 aromatic heterocycles. The van der Waals surface area contributed by atoms with Crippen molar-refractivity contribution >= 4 is 125 Å². The second-order valence-corrected chi connectivity index (χ2v) is 36.8. The molecule has 0 radical (unpaired) electrons. The second-order valence-electron chi connectivity index (χ2n) is 36.4. The summed E-state index contributed by atoms with van der Waals surface area (Å²) in [5.74, 6) is 2.49. The molecule has 5 aliphatic carbocycles. The van der Waals surface area contributed by atoms with Crippen LogP contribution < -0.4 is 51.5 Å². The number of aryl methyl sites for hydroxylation is 10. The number of nitrogens with one attached hydrogen (secondary N) is 3. The molecule has 0 amide bonds. The van der Waals surface area contributed by atoms with Crippen molar-refractivity contribution in [2.45, 2.75) is 90.0 Å². The third kappa shape index (κ3) is 26.0. The summed E-state index contributed by atoms with van der Waals surface area (Å²) < 4.78 is 50.0. The highest BCUT2D eigenvalue weighted by molar-refractivity contribution is 6.51. The van der Waals surface area contributed by atoms with Crippen molar-refractivity contribution in [2.24, 2.45) is 42.2 Å². The van der Waals surface area contributed by atoms with Crippen LogP contribution in [0.4, 0.5) is 28.4 Å². The Balaban J connectivity index is 0.000000161. The molecule has 0 atom stereocenters. The second kappa shape index (κ2) is 48.3. The third-order valence-corrected chi connectivity index (χ3v) is 24.3. The number of carbonyl (C=O) groups is 4. The number of ether oxygens (including phenoxy) is 7. The number of Topliss-reactive ketones (excluding diaryl/α,β-unsaturated/α-hetero) is 1. The number of aliphatic hydroxyl groups excluding tert-OH is 2. The predicted molar refractivity (Wildman–Crippen MR) is 564 cm³/mol. The number of nitrogens with zero attached hydrogens (tertiary/aromatic N) is 20. The van der Waals surface area contributed by atoms with Crippen LogP contribution in [0.1, 0.15) is 77.1 Å². The number of hydrogen-bond donors (Lipinski definition) is 8. The number of nitrogens with two attached hydrogens (primary N) is 3. The smallest absolute Gasteiger partial charge is 0.260 e. The van der Waals surface area contributed by atoms with Crippen LogP contribution in [0.5, 0.6) is 29.4 Å². The lowest BCUT2D eigenvalue weighted by Gasteiger charge is -2.23. The lowest BCUT2D eigenvalue weighted by Crippen LogP contribution is -2.31. The molecule has 1 aliphatic heterocycles. The number of ketones is 4. The first-order valence-corrected chi connectivity index (χ1v) is 47.4. The van der Waals surface area contributed by atoms with E-state index in [1.807, 2.05) is 247 Å². The van der Waals surface area contributed by atoms with E-state index in [-0.39, 0.29) is 59.4 Å². The van der Waals surface area contributed by atoms with Crippen LogP contribution in [0.15, 0.2) is 202 Å². The number of aromatic nitrogens is 10. The first kappa shape index (κ1) is 108. The van der Waals surface area contributed by atoms with Crippen LogP contribution in [0, 0.1) is 74.6 Å². The number of aliphatic imine (C=N–C) groups is 5. The maximum Gasteiger partial charge on any atom is 0.260 e. The number of likely N-dealkylation sites (N-methyl/N-ethyl adjacent to an activating group) is 5. The van der Waals surface area contributed by atoms with Crippen molar-refractivity contribution in [3.63, 3.8) is 0 Å². The van der Waals surface area contributed by atoms with Gasteiger partial charge in [-0.1, -0.05) is 41.9 Å². The van der Waals surface area contributed by atoms with Crippen LogP contribution in [0.2, 0.25) is 0 Å². The molecule has 0 spiro atoms. The average molecular weight is 1990 g/mol. The Bertz CT molecular complexity index is 7140. The maximum atomic E-state index is 12.6. The summed E-state index contributed by atoms with van der Waals surface area (Å²) in [6.07, 6.45) is 14.3. The number of pyridine rings is 5. The average Bonchev–Trinajstić information content (AvgIpc) is 1.64. The zero-order chi connectivity index (χ0) is 105. The van der Waals surface area contributed by atoms with Crippen molar-refractivity contribution < 1.29 is 62.5 Å². The van der Waals surface area contributed by atoms with Gasteiger partial charge in [-0.25, -0.2) is 47.5 Å². The molecular weight excluding hydrogens is 1860 g/mol. The molecule has 762 valence electrons. The Labute approximate surface area is 842 Å². The van der Waals surface area contributed by atoms with E-state index < -0.39 is 0 Å². The van der Waals surface area contributed by atoms with Crippen LogP contribution in [-0.2, 0) is 28.7 Å². The monoisotopic (exact) mass is 1990 g/mol. The van der Waals surface area contributed by atoms with Crippen LogP contribution >= 0.6 is 11.6 Å². The van der Waals surface area contributed by atoms with Crippen LogP contribution in [-0.4, -0.2) is 316 Å². The van der Waals surface area contributed by atoms with E-state index in [4.69, 9.17) is 87.5 Å². The molecule has 0 aromatic carbocycles. The minimum Gasteiger partial charge on any atom is -0.490 e. The first-order valence-electron chi connectivity index (χ1n) is 47.1. The summed E-state index contributed by atoms with van der Waals surface area (Å²) in [6.45, 7) is 32.9. The number of morpholine rings is 1. The molecule has 39 nitrogen and oxygen atoms in total. The van der Waals surface area contributed by atoms with Gasteiger partial charge in [-0.2, -0.15) is 0 Å². The molecular formula is C104H131ClN26O13. The van der Waals surface area contributed by atoms with Crippen molar-refractivity contribution in [1.82, 2.24) is 83.2 Å². The van der Waals surface area contributed by atoms with Crippen molar-refractivity contribution in [3.8, 4) is 29.4 Å². The van der Waals surface area contributed by atoms with Gasteiger partial charge in [-0.15, -0.1) is 25.5 Å². The summed E-state index contributed by atoms with van der Waals surface area (Å²) in [5.41, 5.74) is 41.7. The predicted octanol–water partition coefficient (Wildman–Crippen LogP) is 10.9. The van der Waals surface area contributed by atoms with E-state index in [1.165, 1.54) is 24.3 Å². The molecule has 16 rings (SSSR count). The van der Waals surface area contributed by atoms with E-state index >= 15 is 0 Å². The van der Waals surface area contributed by atoms with Gasteiger partial charge < -0.3 is 95.7 Å². The molecule has 11 N–H and O–H groups in total. The SMILES string of the molecule is CC1=CC(=Nc2c(OCCN(C)C)nn3c(C)c(C)ccc23)C(N)=C(Cl)C1=O.CC1=CC(=Nc2c(OCCN(C)C)nn3c(C)c(C)ccc23)C(N)=CC1=O.CC1=CC(=Nc2c(OCCN(C)C)nn3c(C)c(C)ccc23)C(NCCO)=CC1=O.Cc1ccc2c(N=C3C=C(OCCO)C(N)=CC3=N)c(OCCN(C)C)nn2c1C.Cc1ccc2c(N=C3C=C4OCCNC4=CC3=O)c(OCCN(C)C)nn2c1C. The van der Waals surface area contributed by atoms with Gasteiger partial charge in [0.25, 0.3) is 29.4 Å². The molecule has 1 fully saturated rings. The van der Waals surface area contributed by atoms with E-state index in [2.05, 4.69) is 46.1 Å². The normalized spacial score (nSPS) is 16.3. The third-order valence-electron chi connectivity index (χ3n) is 23.9. The Morgan fingerprint density at radius 1 is 0.403 bits per heavy atom. The van der Waals surface area contributed by atoms with E-state index in [0.717, 1.165) is 117 Å². The zero-order valence-corrected chi connectivity index (χ0v) is 87.0. The van der Waals surface area contributed by atoms with Gasteiger partial charge in [0, 0.05) is 110 Å². The van der Waals surface area contributed by atoms with Crippen molar-refractivity contribution in [1.29, 1.82) is 5.41 Å². The van der Waals surface area contributed by atoms with Gasteiger partial charge in [0.15, 0.2) is 40.0 Å². The fourth-order valence-corrected chi connectivity index (χ4v) is 14.9. The van der Waals surface area contributed by atoms with E-state index in [0.29, 0.717) is 190 Å². The zero-order valence-electron chi connectivity index (χ0n) is 86.2. The summed E-state index contributed by atoms with van der Waals surface area (Å²) in [6, 6.07) is 19.9. The van der Waals surface area contributed by atoms with Crippen LogP contribution in [0.25, 0.3) is 27.6 Å². The standard InChI is InChI=1S/C22H29N5O3.C21H28N6O3.C21H25N5O3.C20H24ClN5O2.C20H25N5O2/c1-14-6-7-19-21(22(25-27(19)16(14)3)30-11-9-26(4)5)24-18-12-15(2)20(29)13-17(18)23-8-10-28;1-13-5-6-18-20(21(25-27(18)14(13)2)30-9-7-26(3)4)24-17-12-19(29-10-8-28)16(23)11-15(17)22;1-13-5-6-17-20(21(24-26(17)14(13)2)29-10-8-25(3)4)23-15-12-19-16(11-18(15)27)22-7-9-28-19;1-11-6-7-15-18(23-14-10-12(2)19(27)16(21)17(14)22)20(24-26(15)13(11)3)28-9-8-25(4)5;1-12-6-7-17-19(22-16-10-13(2)18(26)11-15(16)21)20(23-25(17)14(12)3)27-9-8-24(4)5/h6-7,12-13,23,28H,8-11H2,1-5H3;5-6,11-12,22,28H,7-10,23H2,1-4H3;5-6,11-12,22H,7-10H2,1-4H3;6-7,10H,8-9,22H2,1-5H3;6-7,10-11H,8-9,21H2,1-5H3.